The average molecular weight is 344 g/mol. The Labute approximate surface area is 142 Å². The van der Waals surface area contributed by atoms with Crippen LogP contribution in [-0.2, 0) is 4.79 Å². The Kier molecular flexibility index (Phi) is 5.09. The molecular formula is C16H16N4OS2. The maximum Gasteiger partial charge on any atom is 0.230 e. The van der Waals surface area contributed by atoms with Crippen LogP contribution in [0.15, 0.2) is 53.0 Å². The highest BCUT2D eigenvalue weighted by molar-refractivity contribution is 7.99. The second kappa shape index (κ2) is 7.43. The molecule has 0 spiro atoms. The van der Waals surface area contributed by atoms with Crippen LogP contribution in [0.1, 0.15) is 18.5 Å². The fraction of sp³-hybridized carbons (Fsp3) is 0.188. The summed E-state index contributed by atoms with van der Waals surface area (Å²) in [5.74, 6) is 0.994. The minimum absolute atomic E-state index is 0.0156. The summed E-state index contributed by atoms with van der Waals surface area (Å²) in [6.45, 7) is 1.97. The van der Waals surface area contributed by atoms with Crippen LogP contribution in [0, 0.1) is 0 Å². The molecular weight excluding hydrogens is 328 g/mol. The molecule has 0 aliphatic carbocycles. The molecule has 2 heterocycles. The van der Waals surface area contributed by atoms with Crippen LogP contribution < -0.4 is 5.32 Å². The molecule has 1 amide bonds. The highest BCUT2D eigenvalue weighted by atomic mass is 32.2. The maximum absolute atomic E-state index is 12.0. The number of aromatic nitrogens is 3. The van der Waals surface area contributed by atoms with Gasteiger partial charge in [0.15, 0.2) is 5.82 Å². The van der Waals surface area contributed by atoms with E-state index in [4.69, 9.17) is 0 Å². The average Bonchev–Trinajstić information content (AvgIpc) is 3.25. The Morgan fingerprint density at radius 1 is 1.30 bits per heavy atom. The van der Waals surface area contributed by atoms with Crippen molar-refractivity contribution in [1.29, 1.82) is 0 Å². The van der Waals surface area contributed by atoms with E-state index >= 15 is 0 Å². The molecule has 2 N–H and O–H groups in total. The third-order valence-electron chi connectivity index (χ3n) is 3.23. The first kappa shape index (κ1) is 15.8. The van der Waals surface area contributed by atoms with E-state index in [0.717, 1.165) is 16.3 Å². The largest absolute Gasteiger partial charge is 0.349 e. The van der Waals surface area contributed by atoms with Crippen molar-refractivity contribution in [2.75, 3.05) is 5.75 Å². The lowest BCUT2D eigenvalue weighted by atomic mass is 10.1. The summed E-state index contributed by atoms with van der Waals surface area (Å²) < 4.78 is 0. The minimum atomic E-state index is -0.0335. The fourth-order valence-corrected chi connectivity index (χ4v) is 3.35. The number of thiophene rings is 1. The van der Waals surface area contributed by atoms with Gasteiger partial charge in [-0.25, -0.2) is 4.98 Å². The Morgan fingerprint density at radius 2 is 2.13 bits per heavy atom. The number of rotatable bonds is 6. The maximum atomic E-state index is 12.0. The summed E-state index contributed by atoms with van der Waals surface area (Å²) in [6, 6.07) is 13.8. The highest BCUT2D eigenvalue weighted by Gasteiger charge is 2.12. The van der Waals surface area contributed by atoms with Crippen molar-refractivity contribution >= 4 is 29.0 Å². The predicted molar refractivity (Wildman–Crippen MR) is 93.4 cm³/mol. The van der Waals surface area contributed by atoms with Gasteiger partial charge in [0.25, 0.3) is 0 Å². The Hall–Kier alpha value is -2.12. The van der Waals surface area contributed by atoms with E-state index in [2.05, 4.69) is 20.5 Å². The van der Waals surface area contributed by atoms with Gasteiger partial charge in [0.05, 0.1) is 16.7 Å². The summed E-state index contributed by atoms with van der Waals surface area (Å²) in [5.41, 5.74) is 1.09. The summed E-state index contributed by atoms with van der Waals surface area (Å²) >= 11 is 2.92. The normalized spacial score (nSPS) is 12.0. The molecule has 0 bridgehead atoms. The van der Waals surface area contributed by atoms with Gasteiger partial charge in [0.1, 0.15) is 0 Å². The number of nitrogens with zero attached hydrogens (tertiary/aromatic N) is 2. The summed E-state index contributed by atoms with van der Waals surface area (Å²) in [6.07, 6.45) is 0. The second-order valence-corrected chi connectivity index (χ2v) is 6.82. The van der Waals surface area contributed by atoms with Crippen LogP contribution in [-0.4, -0.2) is 26.8 Å². The summed E-state index contributed by atoms with van der Waals surface area (Å²) in [7, 11) is 0. The number of carbonyl (C=O) groups excluding carboxylic acids is 1. The molecule has 7 heteroatoms. The standard InChI is InChI=1S/C16H16N4OS2/c1-11(12-6-3-2-4-7-12)17-14(21)10-23-16-18-15(19-20-16)13-8-5-9-22-13/h2-9,11H,10H2,1H3,(H,17,21)(H,18,19,20)/t11-/m1/s1. The molecule has 3 rings (SSSR count). The highest BCUT2D eigenvalue weighted by Crippen LogP contribution is 2.23. The molecule has 3 aromatic rings. The number of nitrogens with one attached hydrogen (secondary N) is 2. The first-order valence-corrected chi connectivity index (χ1v) is 9.02. The van der Waals surface area contributed by atoms with Gasteiger partial charge in [-0.3, -0.25) is 9.89 Å². The van der Waals surface area contributed by atoms with Gasteiger partial charge in [-0.05, 0) is 23.9 Å². The monoisotopic (exact) mass is 344 g/mol. The molecule has 0 saturated heterocycles. The third-order valence-corrected chi connectivity index (χ3v) is 4.95. The van der Waals surface area contributed by atoms with E-state index in [9.17, 15) is 4.79 Å². The van der Waals surface area contributed by atoms with Crippen LogP contribution in [0.2, 0.25) is 0 Å². The van der Waals surface area contributed by atoms with E-state index < -0.39 is 0 Å². The van der Waals surface area contributed by atoms with E-state index in [0.29, 0.717) is 10.9 Å². The molecule has 2 aromatic heterocycles. The molecule has 23 heavy (non-hydrogen) atoms. The molecule has 0 aliphatic rings. The van der Waals surface area contributed by atoms with Crippen molar-refractivity contribution < 1.29 is 4.79 Å². The lowest BCUT2D eigenvalue weighted by Crippen LogP contribution is -2.28. The topological polar surface area (TPSA) is 70.7 Å². The number of carbonyl (C=O) groups is 1. The fourth-order valence-electron chi connectivity index (χ4n) is 2.07. The molecule has 0 saturated carbocycles. The zero-order chi connectivity index (χ0) is 16.1. The second-order valence-electron chi connectivity index (χ2n) is 4.93. The lowest BCUT2D eigenvalue weighted by molar-refractivity contribution is -0.119. The smallest absolute Gasteiger partial charge is 0.230 e. The molecule has 0 aliphatic heterocycles. The summed E-state index contributed by atoms with van der Waals surface area (Å²) in [4.78, 5) is 17.5. The van der Waals surface area contributed by atoms with Crippen molar-refractivity contribution in [3.05, 3.63) is 53.4 Å². The quantitative estimate of drug-likeness (QED) is 0.672. The van der Waals surface area contributed by atoms with E-state index in [1.54, 1.807) is 11.3 Å². The molecule has 118 valence electrons. The summed E-state index contributed by atoms with van der Waals surface area (Å²) in [5, 5.41) is 12.6. The van der Waals surface area contributed by atoms with Gasteiger partial charge < -0.3 is 5.32 Å². The van der Waals surface area contributed by atoms with Crippen LogP contribution in [0.4, 0.5) is 0 Å². The van der Waals surface area contributed by atoms with Gasteiger partial charge in [-0.1, -0.05) is 48.2 Å². The van der Waals surface area contributed by atoms with Crippen molar-refractivity contribution in [2.24, 2.45) is 0 Å². The Balaban J connectivity index is 1.51. The number of hydrogen-bond donors (Lipinski definition) is 2. The number of benzene rings is 1. The van der Waals surface area contributed by atoms with Crippen LogP contribution >= 0.6 is 23.1 Å². The number of hydrogen-bond acceptors (Lipinski definition) is 5. The van der Waals surface area contributed by atoms with Crippen molar-refractivity contribution in [3.63, 3.8) is 0 Å². The molecule has 1 aromatic carbocycles. The lowest BCUT2D eigenvalue weighted by Gasteiger charge is -2.13. The van der Waals surface area contributed by atoms with Gasteiger partial charge in [-0.15, -0.1) is 16.4 Å². The Morgan fingerprint density at radius 3 is 2.87 bits per heavy atom. The van der Waals surface area contributed by atoms with Gasteiger partial charge >= 0.3 is 0 Å². The van der Waals surface area contributed by atoms with Gasteiger partial charge in [-0.2, -0.15) is 0 Å². The van der Waals surface area contributed by atoms with E-state index in [1.165, 1.54) is 11.8 Å². The molecule has 0 fully saturated rings. The van der Waals surface area contributed by atoms with Crippen molar-refractivity contribution in [3.8, 4) is 10.7 Å². The number of aromatic amines is 1. The third kappa shape index (κ3) is 4.20. The predicted octanol–water partition coefficient (Wildman–Crippen LogP) is 3.50. The number of amides is 1. The van der Waals surface area contributed by atoms with E-state index in [-0.39, 0.29) is 11.9 Å². The van der Waals surface area contributed by atoms with E-state index in [1.807, 2.05) is 54.8 Å². The van der Waals surface area contributed by atoms with Crippen molar-refractivity contribution in [2.45, 2.75) is 18.1 Å². The Bertz CT molecular complexity index is 756. The van der Waals surface area contributed by atoms with Crippen LogP contribution in [0.3, 0.4) is 0 Å². The van der Waals surface area contributed by atoms with Crippen LogP contribution in [0.5, 0.6) is 0 Å². The molecule has 1 atom stereocenters. The first-order valence-electron chi connectivity index (χ1n) is 7.16. The first-order chi connectivity index (χ1) is 11.2. The number of H-pyrrole nitrogens is 1. The molecule has 0 radical (unpaired) electrons. The molecule has 5 nitrogen and oxygen atoms in total. The zero-order valence-corrected chi connectivity index (χ0v) is 14.2. The van der Waals surface area contributed by atoms with Gasteiger partial charge in [0, 0.05) is 0 Å². The number of thioether (sulfide) groups is 1. The molecule has 0 unspecified atom stereocenters. The zero-order valence-electron chi connectivity index (χ0n) is 12.5. The van der Waals surface area contributed by atoms with Gasteiger partial charge in [0.2, 0.25) is 11.1 Å². The van der Waals surface area contributed by atoms with Crippen LogP contribution in [0.25, 0.3) is 10.7 Å². The minimum Gasteiger partial charge on any atom is -0.349 e. The van der Waals surface area contributed by atoms with Crippen molar-refractivity contribution in [1.82, 2.24) is 20.5 Å². The SMILES string of the molecule is C[C@@H](NC(=O)CSc1n[nH]c(-c2cccs2)n1)c1ccccc1.